The van der Waals surface area contributed by atoms with Crippen LogP contribution in [-0.2, 0) is 14.3 Å². The summed E-state index contributed by atoms with van der Waals surface area (Å²) in [5.41, 5.74) is -0.975. The zero-order valence-electron chi connectivity index (χ0n) is 12.1. The lowest BCUT2D eigenvalue weighted by Crippen LogP contribution is -2.44. The molecule has 1 aromatic carbocycles. The molecule has 4 rings (SSSR count). The minimum atomic E-state index is -0.822. The molecule has 4 unspecified atom stereocenters. The van der Waals surface area contributed by atoms with E-state index in [4.69, 9.17) is 4.74 Å². The smallest absolute Gasteiger partial charge is 0.243 e. The second kappa shape index (κ2) is 3.83. The molecule has 0 N–H and O–H groups in total. The number of carbonyl (C=O) groups is 2. The lowest BCUT2D eigenvalue weighted by Gasteiger charge is -2.30. The predicted octanol–water partition coefficient (Wildman–Crippen LogP) is 2.30. The van der Waals surface area contributed by atoms with Gasteiger partial charge in [-0.2, -0.15) is 0 Å². The van der Waals surface area contributed by atoms with Crippen LogP contribution in [0, 0.1) is 10.8 Å². The number of benzene rings is 1. The Morgan fingerprint density at radius 2 is 1.76 bits per heavy atom. The molecule has 2 amide bonds. The Balaban J connectivity index is 1.89. The highest BCUT2D eigenvalue weighted by atomic mass is 16.5. The number of imide groups is 1. The minimum absolute atomic E-state index is 0.141. The van der Waals surface area contributed by atoms with Crippen molar-refractivity contribution in [3.8, 4) is 0 Å². The molecular weight excluding hydrogens is 266 g/mol. The van der Waals surface area contributed by atoms with Crippen molar-refractivity contribution in [3.63, 3.8) is 0 Å². The molecule has 1 aromatic rings. The molecular formula is C17H17NO3. The van der Waals surface area contributed by atoms with Crippen molar-refractivity contribution >= 4 is 17.5 Å². The zero-order chi connectivity index (χ0) is 14.8. The quantitative estimate of drug-likeness (QED) is 0.587. The van der Waals surface area contributed by atoms with E-state index in [0.717, 1.165) is 0 Å². The van der Waals surface area contributed by atoms with E-state index in [0.29, 0.717) is 12.1 Å². The van der Waals surface area contributed by atoms with Crippen LogP contribution >= 0.6 is 0 Å². The number of carbonyl (C=O) groups excluding carboxylic acids is 2. The fourth-order valence-electron chi connectivity index (χ4n) is 4.01. The molecule has 0 saturated carbocycles. The van der Waals surface area contributed by atoms with Crippen LogP contribution in [0.1, 0.15) is 20.3 Å². The molecule has 0 aromatic heterocycles. The van der Waals surface area contributed by atoms with Gasteiger partial charge in [0.2, 0.25) is 11.8 Å². The number of hydrogen-bond acceptors (Lipinski definition) is 3. The summed E-state index contributed by atoms with van der Waals surface area (Å²) in [6.07, 6.45) is 4.11. The number of rotatable bonds is 1. The summed E-state index contributed by atoms with van der Waals surface area (Å²) in [7, 11) is 0. The van der Waals surface area contributed by atoms with Crippen LogP contribution in [0.3, 0.4) is 0 Å². The van der Waals surface area contributed by atoms with E-state index in [9.17, 15) is 9.59 Å². The van der Waals surface area contributed by atoms with E-state index in [1.807, 2.05) is 44.2 Å². The molecule has 108 valence electrons. The first-order valence-electron chi connectivity index (χ1n) is 7.27. The van der Waals surface area contributed by atoms with Crippen LogP contribution in [0.5, 0.6) is 0 Å². The van der Waals surface area contributed by atoms with E-state index >= 15 is 0 Å². The number of hydrogen-bond donors (Lipinski definition) is 0. The van der Waals surface area contributed by atoms with Gasteiger partial charge < -0.3 is 4.74 Å². The third kappa shape index (κ3) is 1.25. The van der Waals surface area contributed by atoms with E-state index < -0.39 is 10.8 Å². The number of ether oxygens (including phenoxy) is 1. The molecule has 21 heavy (non-hydrogen) atoms. The molecule has 3 aliphatic rings. The van der Waals surface area contributed by atoms with Gasteiger partial charge in [-0.15, -0.1) is 0 Å². The van der Waals surface area contributed by atoms with Crippen LogP contribution in [0.25, 0.3) is 0 Å². The Hall–Kier alpha value is -1.94. The molecule has 0 spiro atoms. The van der Waals surface area contributed by atoms with Crippen LogP contribution in [0.2, 0.25) is 0 Å². The van der Waals surface area contributed by atoms with Crippen molar-refractivity contribution in [2.75, 3.05) is 4.90 Å². The van der Waals surface area contributed by atoms with Crippen LogP contribution in [-0.4, -0.2) is 24.0 Å². The van der Waals surface area contributed by atoms with Gasteiger partial charge in [0.05, 0.1) is 28.7 Å². The van der Waals surface area contributed by atoms with E-state index in [-0.39, 0.29) is 24.0 Å². The third-order valence-corrected chi connectivity index (χ3v) is 5.57. The van der Waals surface area contributed by atoms with Crippen molar-refractivity contribution < 1.29 is 14.3 Å². The fourth-order valence-corrected chi connectivity index (χ4v) is 4.01. The number of nitrogens with zero attached hydrogens (tertiary/aromatic N) is 1. The summed E-state index contributed by atoms with van der Waals surface area (Å²) in [4.78, 5) is 27.5. The summed E-state index contributed by atoms with van der Waals surface area (Å²) in [5.74, 6) is -0.294. The SMILES string of the molecule is CC12C(=O)N(c3ccccc3)C(=O)C1(C)C1CC=CC2O1. The second-order valence-electron chi connectivity index (χ2n) is 6.40. The molecule has 2 saturated heterocycles. The number of para-hydroxylation sites is 1. The average molecular weight is 283 g/mol. The zero-order valence-corrected chi connectivity index (χ0v) is 12.1. The molecule has 4 heteroatoms. The molecule has 0 radical (unpaired) electrons. The van der Waals surface area contributed by atoms with Gasteiger partial charge in [-0.3, -0.25) is 9.59 Å². The number of amides is 2. The molecule has 2 bridgehead atoms. The molecule has 0 aliphatic carbocycles. The van der Waals surface area contributed by atoms with Crippen molar-refractivity contribution in [2.45, 2.75) is 32.5 Å². The van der Waals surface area contributed by atoms with Gasteiger partial charge in [-0.05, 0) is 32.4 Å². The molecule has 3 aliphatic heterocycles. The van der Waals surface area contributed by atoms with E-state index in [1.165, 1.54) is 4.90 Å². The summed E-state index contributed by atoms with van der Waals surface area (Å²) >= 11 is 0. The normalized spacial score (nSPS) is 40.8. The summed E-state index contributed by atoms with van der Waals surface area (Å²) in [6, 6.07) is 9.16. The van der Waals surface area contributed by atoms with Gasteiger partial charge >= 0.3 is 0 Å². The maximum absolute atomic E-state index is 13.1. The lowest BCUT2D eigenvalue weighted by atomic mass is 9.64. The first kappa shape index (κ1) is 12.8. The van der Waals surface area contributed by atoms with Gasteiger partial charge in [0.1, 0.15) is 0 Å². The minimum Gasteiger partial charge on any atom is -0.368 e. The van der Waals surface area contributed by atoms with Crippen LogP contribution in [0.15, 0.2) is 42.5 Å². The van der Waals surface area contributed by atoms with Crippen molar-refractivity contribution in [3.05, 3.63) is 42.5 Å². The summed E-state index contributed by atoms with van der Waals surface area (Å²) in [5, 5.41) is 0. The largest absolute Gasteiger partial charge is 0.368 e. The molecule has 4 nitrogen and oxygen atoms in total. The Kier molecular flexibility index (Phi) is 2.33. The maximum Gasteiger partial charge on any atom is 0.243 e. The Bertz CT molecular complexity index is 668. The monoisotopic (exact) mass is 283 g/mol. The molecule has 4 atom stereocenters. The van der Waals surface area contributed by atoms with Crippen molar-refractivity contribution in [1.29, 1.82) is 0 Å². The highest BCUT2D eigenvalue weighted by Gasteiger charge is 2.75. The Morgan fingerprint density at radius 3 is 2.48 bits per heavy atom. The Labute approximate surface area is 123 Å². The number of anilines is 1. The predicted molar refractivity (Wildman–Crippen MR) is 77.6 cm³/mol. The Morgan fingerprint density at radius 1 is 1.10 bits per heavy atom. The maximum atomic E-state index is 13.1. The van der Waals surface area contributed by atoms with E-state index in [2.05, 4.69) is 0 Å². The molecule has 3 heterocycles. The highest BCUT2D eigenvalue weighted by Crippen LogP contribution is 2.61. The number of fused-ring (bicyclic) bond motifs is 5. The third-order valence-electron chi connectivity index (χ3n) is 5.57. The average Bonchev–Trinajstić information content (AvgIpc) is 2.78. The van der Waals surface area contributed by atoms with Crippen LogP contribution in [0.4, 0.5) is 5.69 Å². The second-order valence-corrected chi connectivity index (χ2v) is 6.40. The topological polar surface area (TPSA) is 46.6 Å². The van der Waals surface area contributed by atoms with E-state index in [1.54, 1.807) is 12.1 Å². The molecule has 2 fully saturated rings. The van der Waals surface area contributed by atoms with Gasteiger partial charge in [-0.1, -0.05) is 30.4 Å². The van der Waals surface area contributed by atoms with Gasteiger partial charge in [0.15, 0.2) is 0 Å². The van der Waals surface area contributed by atoms with Crippen molar-refractivity contribution in [1.82, 2.24) is 0 Å². The highest BCUT2D eigenvalue weighted by molar-refractivity contribution is 6.26. The summed E-state index contributed by atoms with van der Waals surface area (Å²) in [6.45, 7) is 3.75. The standard InChI is InChI=1S/C17H17NO3/c1-16-12-9-6-10-13(21-12)17(16,2)15(20)18(14(16)19)11-7-4-3-5-8-11/h3-9,12-13H,10H2,1-2H3. The summed E-state index contributed by atoms with van der Waals surface area (Å²) < 4.78 is 5.94. The fraction of sp³-hybridized carbons (Fsp3) is 0.412. The first-order chi connectivity index (χ1) is 10.0. The van der Waals surface area contributed by atoms with Gasteiger partial charge in [0, 0.05) is 0 Å². The van der Waals surface area contributed by atoms with Crippen molar-refractivity contribution in [2.24, 2.45) is 10.8 Å². The van der Waals surface area contributed by atoms with Gasteiger partial charge in [-0.25, -0.2) is 4.90 Å². The lowest BCUT2D eigenvalue weighted by molar-refractivity contribution is -0.130. The van der Waals surface area contributed by atoms with Crippen LogP contribution < -0.4 is 4.90 Å². The first-order valence-corrected chi connectivity index (χ1v) is 7.27. The van der Waals surface area contributed by atoms with Gasteiger partial charge in [0.25, 0.3) is 0 Å².